The summed E-state index contributed by atoms with van der Waals surface area (Å²) in [4.78, 5) is 28.4. The molecule has 2 amide bonds. The smallest absolute Gasteiger partial charge is 0.244 e. The van der Waals surface area contributed by atoms with Gasteiger partial charge in [0.05, 0.1) is 11.9 Å². The molecule has 35 heavy (non-hydrogen) atoms. The van der Waals surface area contributed by atoms with E-state index in [4.69, 9.17) is 0 Å². The van der Waals surface area contributed by atoms with Gasteiger partial charge in [0.25, 0.3) is 0 Å². The maximum atomic E-state index is 13.7. The molecule has 0 aliphatic carbocycles. The summed E-state index contributed by atoms with van der Waals surface area (Å²) >= 11 is 0. The Balaban J connectivity index is 2.46. The zero-order valence-corrected chi connectivity index (χ0v) is 22.8. The van der Waals surface area contributed by atoms with Gasteiger partial charge in [0.1, 0.15) is 12.6 Å². The lowest BCUT2D eigenvalue weighted by Crippen LogP contribution is -2.55. The van der Waals surface area contributed by atoms with Gasteiger partial charge in [-0.25, -0.2) is 8.42 Å². The molecule has 0 aliphatic rings. The zero-order chi connectivity index (χ0) is 26.4. The molecule has 8 heteroatoms. The second-order valence-corrected chi connectivity index (χ2v) is 11.8. The molecule has 0 saturated carbocycles. The number of sulfonamides is 1. The third-order valence-corrected chi connectivity index (χ3v) is 6.94. The normalized spacial score (nSPS) is 12.7. The first-order valence-electron chi connectivity index (χ1n) is 12.0. The molecule has 0 heterocycles. The molecule has 2 rings (SSSR count). The summed E-state index contributed by atoms with van der Waals surface area (Å²) in [5.74, 6) is -0.700. The van der Waals surface area contributed by atoms with E-state index in [2.05, 4.69) is 5.32 Å². The Kier molecular flexibility index (Phi) is 9.49. The van der Waals surface area contributed by atoms with Crippen LogP contribution in [-0.2, 0) is 32.6 Å². The van der Waals surface area contributed by atoms with Gasteiger partial charge in [-0.3, -0.25) is 13.9 Å². The zero-order valence-electron chi connectivity index (χ0n) is 22.0. The van der Waals surface area contributed by atoms with Crippen LogP contribution in [-0.4, -0.2) is 49.5 Å². The highest BCUT2D eigenvalue weighted by atomic mass is 32.2. The molecule has 0 aliphatic heterocycles. The van der Waals surface area contributed by atoms with Crippen LogP contribution in [0.25, 0.3) is 0 Å². The van der Waals surface area contributed by atoms with Crippen molar-refractivity contribution in [3.8, 4) is 0 Å². The number of nitrogens with zero attached hydrogens (tertiary/aromatic N) is 2. The van der Waals surface area contributed by atoms with Gasteiger partial charge in [-0.15, -0.1) is 0 Å². The largest absolute Gasteiger partial charge is 0.350 e. The number of rotatable bonds is 10. The van der Waals surface area contributed by atoms with Crippen molar-refractivity contribution >= 4 is 27.5 Å². The van der Waals surface area contributed by atoms with E-state index in [0.29, 0.717) is 12.1 Å². The second-order valence-electron chi connectivity index (χ2n) is 9.90. The highest BCUT2D eigenvalue weighted by molar-refractivity contribution is 7.92. The van der Waals surface area contributed by atoms with Crippen molar-refractivity contribution in [2.45, 2.75) is 72.5 Å². The Bertz CT molecular complexity index is 1120. The van der Waals surface area contributed by atoms with Crippen molar-refractivity contribution in [2.24, 2.45) is 0 Å². The molecule has 1 unspecified atom stereocenters. The van der Waals surface area contributed by atoms with Gasteiger partial charge >= 0.3 is 0 Å². The molecular formula is C27H39N3O4S. The first-order valence-corrected chi connectivity index (χ1v) is 13.8. The molecule has 1 atom stereocenters. The molecule has 1 N–H and O–H groups in total. The number of amides is 2. The van der Waals surface area contributed by atoms with Gasteiger partial charge in [-0.05, 0) is 69.4 Å². The van der Waals surface area contributed by atoms with Crippen molar-refractivity contribution in [3.63, 3.8) is 0 Å². The number of nitrogens with one attached hydrogen (secondary N) is 1. The number of carbonyl (C=O) groups excluding carboxylic acids is 2. The summed E-state index contributed by atoms with van der Waals surface area (Å²) in [7, 11) is -3.74. The van der Waals surface area contributed by atoms with Gasteiger partial charge in [0.15, 0.2) is 0 Å². The Hall–Kier alpha value is -2.87. The molecule has 2 aromatic rings. The van der Waals surface area contributed by atoms with Crippen LogP contribution in [0, 0.1) is 6.92 Å². The van der Waals surface area contributed by atoms with E-state index >= 15 is 0 Å². The summed E-state index contributed by atoms with van der Waals surface area (Å²) < 4.78 is 26.5. The highest BCUT2D eigenvalue weighted by Gasteiger charge is 2.33. The minimum atomic E-state index is -3.74. The minimum Gasteiger partial charge on any atom is -0.350 e. The van der Waals surface area contributed by atoms with Crippen LogP contribution in [0.4, 0.5) is 5.69 Å². The molecule has 0 bridgehead atoms. The number of aryl methyl sites for hydroxylation is 2. The van der Waals surface area contributed by atoms with Crippen molar-refractivity contribution in [1.29, 1.82) is 0 Å². The minimum absolute atomic E-state index is 0.202. The van der Waals surface area contributed by atoms with Gasteiger partial charge in [0, 0.05) is 12.1 Å². The lowest BCUT2D eigenvalue weighted by atomic mass is 10.0. The fraction of sp³-hybridized carbons (Fsp3) is 0.481. The van der Waals surface area contributed by atoms with Crippen LogP contribution in [0.1, 0.15) is 57.7 Å². The Morgan fingerprint density at radius 3 is 2.09 bits per heavy atom. The topological polar surface area (TPSA) is 86.8 Å². The molecule has 0 fully saturated rings. The first-order chi connectivity index (χ1) is 16.3. The van der Waals surface area contributed by atoms with Crippen LogP contribution in [0.3, 0.4) is 0 Å². The van der Waals surface area contributed by atoms with E-state index in [9.17, 15) is 18.0 Å². The molecule has 7 nitrogen and oxygen atoms in total. The van der Waals surface area contributed by atoms with Crippen molar-refractivity contribution < 1.29 is 18.0 Å². The Morgan fingerprint density at radius 1 is 1.00 bits per heavy atom. The summed E-state index contributed by atoms with van der Waals surface area (Å²) in [5, 5.41) is 2.97. The van der Waals surface area contributed by atoms with Gasteiger partial charge in [0.2, 0.25) is 21.8 Å². The average Bonchev–Trinajstić information content (AvgIpc) is 2.76. The fourth-order valence-corrected chi connectivity index (χ4v) is 4.70. The summed E-state index contributed by atoms with van der Waals surface area (Å²) in [6, 6.07) is 14.1. The Morgan fingerprint density at radius 2 is 1.60 bits per heavy atom. The van der Waals surface area contributed by atoms with Crippen LogP contribution >= 0.6 is 0 Å². The third-order valence-electron chi connectivity index (χ3n) is 5.80. The van der Waals surface area contributed by atoms with E-state index < -0.39 is 34.1 Å². The molecule has 0 aromatic heterocycles. The van der Waals surface area contributed by atoms with Crippen LogP contribution in [0.15, 0.2) is 48.5 Å². The molecule has 2 aromatic carbocycles. The number of carbonyl (C=O) groups is 2. The van der Waals surface area contributed by atoms with Crippen LogP contribution in [0.5, 0.6) is 0 Å². The lowest BCUT2D eigenvalue weighted by Gasteiger charge is -2.34. The van der Waals surface area contributed by atoms with Gasteiger partial charge in [-0.1, -0.05) is 50.2 Å². The quantitative estimate of drug-likeness (QED) is 0.532. The number of hydrogen-bond acceptors (Lipinski definition) is 4. The predicted molar refractivity (Wildman–Crippen MR) is 142 cm³/mol. The Labute approximate surface area is 210 Å². The molecule has 0 saturated heterocycles. The fourth-order valence-electron chi connectivity index (χ4n) is 3.86. The van der Waals surface area contributed by atoms with E-state index in [1.165, 1.54) is 4.90 Å². The van der Waals surface area contributed by atoms with E-state index in [-0.39, 0.29) is 12.5 Å². The van der Waals surface area contributed by atoms with E-state index in [0.717, 1.165) is 33.7 Å². The van der Waals surface area contributed by atoms with Crippen molar-refractivity contribution in [1.82, 2.24) is 10.2 Å². The van der Waals surface area contributed by atoms with Crippen molar-refractivity contribution in [3.05, 3.63) is 65.2 Å². The average molecular weight is 502 g/mol. The third kappa shape index (κ3) is 8.09. The van der Waals surface area contributed by atoms with E-state index in [1.54, 1.807) is 12.1 Å². The van der Waals surface area contributed by atoms with Crippen molar-refractivity contribution in [2.75, 3.05) is 17.1 Å². The highest BCUT2D eigenvalue weighted by Crippen LogP contribution is 2.21. The SMILES string of the molecule is CCc1ccc(N(CC(=O)N(Cc2ccccc2C)C(CC)C(=O)NC(C)(C)C)S(C)(=O)=O)cc1. The maximum Gasteiger partial charge on any atom is 0.244 e. The standard InChI is InChI=1S/C27H39N3O4S/c1-8-21-14-16-23(17-15-21)30(35(7,33)34)19-25(31)29(18-22-13-11-10-12-20(22)3)24(9-2)26(32)28-27(4,5)6/h10-17,24H,8-9,18-19H2,1-7H3,(H,28,32). The number of hydrogen-bond donors (Lipinski definition) is 1. The molecule has 0 radical (unpaired) electrons. The van der Waals surface area contributed by atoms with Gasteiger partial charge in [-0.2, -0.15) is 0 Å². The molecular weight excluding hydrogens is 462 g/mol. The number of anilines is 1. The van der Waals surface area contributed by atoms with Crippen LogP contribution in [0.2, 0.25) is 0 Å². The summed E-state index contributed by atoms with van der Waals surface area (Å²) in [5.41, 5.74) is 2.91. The van der Waals surface area contributed by atoms with E-state index in [1.807, 2.05) is 77.9 Å². The predicted octanol–water partition coefficient (Wildman–Crippen LogP) is 4.05. The first kappa shape index (κ1) is 28.4. The van der Waals surface area contributed by atoms with Gasteiger partial charge < -0.3 is 10.2 Å². The summed E-state index contributed by atoms with van der Waals surface area (Å²) in [6.45, 7) is 11.3. The lowest BCUT2D eigenvalue weighted by molar-refractivity contribution is -0.141. The molecule has 192 valence electrons. The summed E-state index contributed by atoms with van der Waals surface area (Å²) in [6.07, 6.45) is 2.30. The second kappa shape index (κ2) is 11.7. The molecule has 0 spiro atoms. The monoisotopic (exact) mass is 501 g/mol. The number of benzene rings is 2. The maximum absolute atomic E-state index is 13.7. The van der Waals surface area contributed by atoms with Crippen LogP contribution < -0.4 is 9.62 Å².